The molecule has 3 rings (SSSR count). The minimum absolute atomic E-state index is 0. The van der Waals surface area contributed by atoms with Gasteiger partial charge in [-0.25, -0.2) is 4.98 Å². The van der Waals surface area contributed by atoms with E-state index in [0.717, 1.165) is 23.5 Å². The number of alkyl halides is 3. The third kappa shape index (κ3) is 6.70. The second-order valence-electron chi connectivity index (χ2n) is 7.25. The Hall–Kier alpha value is -2.08. The van der Waals surface area contributed by atoms with Gasteiger partial charge in [-0.1, -0.05) is 12.1 Å². The number of ether oxygens (including phenoxy) is 1. The molecule has 1 saturated heterocycles. The van der Waals surface area contributed by atoms with Crippen LogP contribution >= 0.6 is 24.0 Å². The lowest BCUT2D eigenvalue weighted by molar-refractivity contribution is -0.137. The molecular formula is C21H27F3IN5O. The molecule has 2 heterocycles. The van der Waals surface area contributed by atoms with Gasteiger partial charge in [-0.05, 0) is 35.4 Å². The Morgan fingerprint density at radius 1 is 1.29 bits per heavy atom. The van der Waals surface area contributed by atoms with E-state index in [2.05, 4.69) is 15.3 Å². The van der Waals surface area contributed by atoms with Gasteiger partial charge in [0.1, 0.15) is 11.9 Å². The van der Waals surface area contributed by atoms with Crippen LogP contribution < -0.4 is 10.2 Å². The summed E-state index contributed by atoms with van der Waals surface area (Å²) in [6.45, 7) is 1.98. The van der Waals surface area contributed by atoms with Gasteiger partial charge in [0.05, 0.1) is 18.7 Å². The van der Waals surface area contributed by atoms with Crippen molar-refractivity contribution in [3.05, 3.63) is 59.3 Å². The molecule has 1 unspecified atom stereocenters. The van der Waals surface area contributed by atoms with E-state index in [9.17, 15) is 13.2 Å². The van der Waals surface area contributed by atoms with Crippen LogP contribution in [0.1, 0.15) is 22.8 Å². The average Bonchev–Trinajstić information content (AvgIpc) is 2.74. The molecule has 1 atom stereocenters. The molecule has 0 spiro atoms. The fourth-order valence-corrected chi connectivity index (χ4v) is 3.29. The first-order chi connectivity index (χ1) is 14.3. The number of hydrogen-bond donors (Lipinski definition) is 1. The summed E-state index contributed by atoms with van der Waals surface area (Å²) in [5, 5.41) is 3.32. The molecule has 1 aromatic heterocycles. The van der Waals surface area contributed by atoms with E-state index in [4.69, 9.17) is 4.74 Å². The fourth-order valence-electron chi connectivity index (χ4n) is 3.29. The maximum atomic E-state index is 13.0. The van der Waals surface area contributed by atoms with Crippen molar-refractivity contribution in [2.45, 2.75) is 18.8 Å². The number of nitrogens with one attached hydrogen (secondary N) is 1. The molecule has 1 aromatic carbocycles. The first-order valence-electron chi connectivity index (χ1n) is 9.64. The lowest BCUT2D eigenvalue weighted by atomic mass is 10.0. The van der Waals surface area contributed by atoms with Crippen molar-refractivity contribution in [1.29, 1.82) is 0 Å². The van der Waals surface area contributed by atoms with Crippen LogP contribution in [0.3, 0.4) is 0 Å². The second-order valence-corrected chi connectivity index (χ2v) is 7.25. The number of anilines is 1. The normalized spacial score (nSPS) is 17.2. The van der Waals surface area contributed by atoms with E-state index >= 15 is 0 Å². The van der Waals surface area contributed by atoms with Crippen LogP contribution in [0.4, 0.5) is 19.0 Å². The Bertz CT molecular complexity index is 891. The van der Waals surface area contributed by atoms with Crippen molar-refractivity contribution in [1.82, 2.24) is 15.2 Å². The smallest absolute Gasteiger partial charge is 0.370 e. The number of halogens is 4. The number of aliphatic imine (C=N–C) groups is 1. The first-order valence-corrected chi connectivity index (χ1v) is 9.64. The molecule has 1 aliphatic rings. The Morgan fingerprint density at radius 3 is 2.74 bits per heavy atom. The summed E-state index contributed by atoms with van der Waals surface area (Å²) in [7, 11) is 5.55. The average molecular weight is 549 g/mol. The minimum atomic E-state index is -4.38. The van der Waals surface area contributed by atoms with E-state index in [1.165, 1.54) is 6.07 Å². The predicted octanol–water partition coefficient (Wildman–Crippen LogP) is 3.93. The van der Waals surface area contributed by atoms with Crippen LogP contribution in [0.5, 0.6) is 0 Å². The van der Waals surface area contributed by atoms with E-state index in [0.29, 0.717) is 37.8 Å². The van der Waals surface area contributed by atoms with Gasteiger partial charge in [-0.3, -0.25) is 4.99 Å². The topological polar surface area (TPSA) is 53.0 Å². The summed E-state index contributed by atoms with van der Waals surface area (Å²) in [6.07, 6.45) is -3.08. The number of aromatic nitrogens is 1. The number of morpholine rings is 1. The van der Waals surface area contributed by atoms with E-state index in [1.807, 2.05) is 36.0 Å². The van der Waals surface area contributed by atoms with Crippen LogP contribution in [0.25, 0.3) is 0 Å². The molecule has 10 heteroatoms. The van der Waals surface area contributed by atoms with Gasteiger partial charge < -0.3 is 19.9 Å². The Labute approximate surface area is 197 Å². The van der Waals surface area contributed by atoms with Gasteiger partial charge in [0, 0.05) is 40.4 Å². The van der Waals surface area contributed by atoms with Gasteiger partial charge in [-0.2, -0.15) is 13.2 Å². The number of hydrogen-bond acceptors (Lipinski definition) is 4. The quantitative estimate of drug-likeness (QED) is 0.356. The van der Waals surface area contributed by atoms with Gasteiger partial charge in [0.15, 0.2) is 5.96 Å². The van der Waals surface area contributed by atoms with E-state index < -0.39 is 17.8 Å². The number of benzene rings is 1. The molecule has 0 saturated carbocycles. The molecule has 1 fully saturated rings. The molecule has 0 radical (unpaired) electrons. The summed E-state index contributed by atoms with van der Waals surface area (Å²) in [4.78, 5) is 12.6. The van der Waals surface area contributed by atoms with Gasteiger partial charge in [0.25, 0.3) is 0 Å². The zero-order chi connectivity index (χ0) is 21.7. The zero-order valence-electron chi connectivity index (χ0n) is 17.7. The van der Waals surface area contributed by atoms with Crippen molar-refractivity contribution >= 4 is 35.8 Å². The molecule has 0 aliphatic carbocycles. The molecule has 2 aromatic rings. The highest BCUT2D eigenvalue weighted by molar-refractivity contribution is 14.0. The van der Waals surface area contributed by atoms with Crippen LogP contribution in [0, 0.1) is 0 Å². The molecule has 1 N–H and O–H groups in total. The third-order valence-corrected chi connectivity index (χ3v) is 4.88. The Morgan fingerprint density at radius 2 is 2.06 bits per heavy atom. The van der Waals surface area contributed by atoms with Crippen LogP contribution in [0.2, 0.25) is 0 Å². The highest BCUT2D eigenvalue weighted by Gasteiger charge is 2.32. The fraction of sp³-hybridized carbons (Fsp3) is 0.429. The van der Waals surface area contributed by atoms with Crippen LogP contribution in [0.15, 0.2) is 47.6 Å². The standard InChI is InChI=1S/C21H26F3N5O.HI/c1-25-20(27-13-15-7-8-26-19(11-15)28(2)3)29-9-10-30-18(14-29)16-5-4-6-17(12-16)21(22,23)24;/h4-8,11-12,18H,9-10,13-14H2,1-3H3,(H,25,27);1H. The molecule has 6 nitrogen and oxygen atoms in total. The second kappa shape index (κ2) is 11.0. The highest BCUT2D eigenvalue weighted by atomic mass is 127. The number of rotatable bonds is 4. The molecule has 0 bridgehead atoms. The van der Waals surface area contributed by atoms with Gasteiger partial charge >= 0.3 is 6.18 Å². The predicted molar refractivity (Wildman–Crippen MR) is 126 cm³/mol. The molecule has 170 valence electrons. The Kier molecular flexibility index (Phi) is 8.92. The number of nitrogens with zero attached hydrogens (tertiary/aromatic N) is 4. The Balaban J connectivity index is 0.00000341. The van der Waals surface area contributed by atoms with Crippen molar-refractivity contribution in [3.63, 3.8) is 0 Å². The van der Waals surface area contributed by atoms with Crippen molar-refractivity contribution in [3.8, 4) is 0 Å². The minimum Gasteiger partial charge on any atom is -0.370 e. The monoisotopic (exact) mass is 549 g/mol. The largest absolute Gasteiger partial charge is 0.416 e. The zero-order valence-corrected chi connectivity index (χ0v) is 20.0. The summed E-state index contributed by atoms with van der Waals surface area (Å²) >= 11 is 0. The van der Waals surface area contributed by atoms with E-state index in [-0.39, 0.29) is 24.0 Å². The van der Waals surface area contributed by atoms with Crippen LogP contribution in [-0.2, 0) is 17.5 Å². The maximum absolute atomic E-state index is 13.0. The summed E-state index contributed by atoms with van der Waals surface area (Å²) in [6, 6.07) is 9.23. The number of guanidine groups is 1. The van der Waals surface area contributed by atoms with Crippen molar-refractivity contribution in [2.75, 3.05) is 45.7 Å². The molecule has 31 heavy (non-hydrogen) atoms. The molecular weight excluding hydrogens is 522 g/mol. The maximum Gasteiger partial charge on any atom is 0.416 e. The summed E-state index contributed by atoms with van der Waals surface area (Å²) in [5.41, 5.74) is 0.893. The SMILES string of the molecule is CN=C(NCc1ccnc(N(C)C)c1)N1CCOC(c2cccc(C(F)(F)F)c2)C1.I. The lowest BCUT2D eigenvalue weighted by Crippen LogP contribution is -2.48. The summed E-state index contributed by atoms with van der Waals surface area (Å²) < 4.78 is 44.9. The first kappa shape index (κ1) is 25.2. The number of pyridine rings is 1. The third-order valence-electron chi connectivity index (χ3n) is 4.88. The highest BCUT2D eigenvalue weighted by Crippen LogP contribution is 2.32. The van der Waals surface area contributed by atoms with E-state index in [1.54, 1.807) is 19.3 Å². The lowest BCUT2D eigenvalue weighted by Gasteiger charge is -2.35. The van der Waals surface area contributed by atoms with Crippen molar-refractivity contribution in [2.24, 2.45) is 4.99 Å². The van der Waals surface area contributed by atoms with Gasteiger partial charge in [0.2, 0.25) is 0 Å². The molecule has 1 aliphatic heterocycles. The van der Waals surface area contributed by atoms with Crippen molar-refractivity contribution < 1.29 is 17.9 Å². The van der Waals surface area contributed by atoms with Gasteiger partial charge in [-0.15, -0.1) is 24.0 Å². The molecule has 0 amide bonds. The summed E-state index contributed by atoms with van der Waals surface area (Å²) in [5.74, 6) is 1.54. The van der Waals surface area contributed by atoms with Crippen LogP contribution in [-0.4, -0.2) is 56.7 Å².